The predicted molar refractivity (Wildman–Crippen MR) is 124 cm³/mol. The Morgan fingerprint density at radius 3 is 2.91 bits per heavy atom. The van der Waals surface area contributed by atoms with Crippen LogP contribution in [0, 0.1) is 0 Å². The fourth-order valence-corrected chi connectivity index (χ4v) is 4.59. The standard InChI is InChI=1S/C24H23BrN4O3/c1-2-31-16-8-6-15(7-9-16)24-27-21(32-28-24)10-11-22(30)29-13-12-20-18(14-29)17-4-3-5-19(25)23(17)26-20/h3-9,26H,2,10-14H2,1H3. The summed E-state index contributed by atoms with van der Waals surface area (Å²) < 4.78 is 11.9. The molecule has 0 atom stereocenters. The minimum atomic E-state index is 0.0980. The number of nitrogens with zero attached hydrogens (tertiary/aromatic N) is 3. The van der Waals surface area contributed by atoms with Crippen LogP contribution in [0.4, 0.5) is 0 Å². The van der Waals surface area contributed by atoms with Gasteiger partial charge in [0.1, 0.15) is 5.75 Å². The van der Waals surface area contributed by atoms with Crippen molar-refractivity contribution in [1.29, 1.82) is 0 Å². The number of H-pyrrole nitrogens is 1. The lowest BCUT2D eigenvalue weighted by atomic mass is 10.0. The first-order valence-electron chi connectivity index (χ1n) is 10.7. The van der Waals surface area contributed by atoms with Crippen LogP contribution < -0.4 is 4.74 Å². The number of aryl methyl sites for hydroxylation is 1. The number of ether oxygens (including phenoxy) is 1. The Morgan fingerprint density at radius 1 is 1.25 bits per heavy atom. The van der Waals surface area contributed by atoms with E-state index in [9.17, 15) is 4.79 Å². The third-order valence-electron chi connectivity index (χ3n) is 5.76. The van der Waals surface area contributed by atoms with Crippen molar-refractivity contribution in [3.05, 3.63) is 64.1 Å². The van der Waals surface area contributed by atoms with Gasteiger partial charge in [0, 0.05) is 59.0 Å². The number of hydrogen-bond acceptors (Lipinski definition) is 5. The van der Waals surface area contributed by atoms with E-state index < -0.39 is 0 Å². The third-order valence-corrected chi connectivity index (χ3v) is 6.42. The molecular formula is C24H23BrN4O3. The average molecular weight is 495 g/mol. The molecule has 0 radical (unpaired) electrons. The smallest absolute Gasteiger partial charge is 0.227 e. The number of aromatic amines is 1. The molecule has 3 heterocycles. The summed E-state index contributed by atoms with van der Waals surface area (Å²) >= 11 is 3.61. The number of fused-ring (bicyclic) bond motifs is 3. The van der Waals surface area contributed by atoms with E-state index >= 15 is 0 Å². The van der Waals surface area contributed by atoms with E-state index in [1.165, 1.54) is 16.6 Å². The zero-order valence-electron chi connectivity index (χ0n) is 17.7. The molecule has 164 valence electrons. The topological polar surface area (TPSA) is 84.3 Å². The lowest BCUT2D eigenvalue weighted by Gasteiger charge is -2.27. The quantitative estimate of drug-likeness (QED) is 0.412. The van der Waals surface area contributed by atoms with Gasteiger partial charge in [0.25, 0.3) is 0 Å². The fourth-order valence-electron chi connectivity index (χ4n) is 4.13. The van der Waals surface area contributed by atoms with Crippen LogP contribution in [0.1, 0.15) is 30.5 Å². The molecule has 1 aliphatic heterocycles. The first kappa shape index (κ1) is 20.8. The van der Waals surface area contributed by atoms with Crippen molar-refractivity contribution in [3.63, 3.8) is 0 Å². The Bertz CT molecular complexity index is 1260. The first-order chi connectivity index (χ1) is 15.6. The monoisotopic (exact) mass is 494 g/mol. The van der Waals surface area contributed by atoms with Crippen molar-refractivity contribution >= 4 is 32.7 Å². The second-order valence-electron chi connectivity index (χ2n) is 7.78. The van der Waals surface area contributed by atoms with Gasteiger partial charge in [0.15, 0.2) is 0 Å². The molecule has 5 rings (SSSR count). The lowest BCUT2D eigenvalue weighted by Crippen LogP contribution is -2.35. The summed E-state index contributed by atoms with van der Waals surface area (Å²) in [6.07, 6.45) is 1.59. The van der Waals surface area contributed by atoms with Gasteiger partial charge >= 0.3 is 0 Å². The van der Waals surface area contributed by atoms with Crippen LogP contribution in [0.5, 0.6) is 5.75 Å². The number of aromatic nitrogens is 3. The second kappa shape index (κ2) is 8.78. The molecule has 0 unspecified atom stereocenters. The van der Waals surface area contributed by atoms with Crippen LogP contribution in [0.25, 0.3) is 22.3 Å². The molecule has 1 N–H and O–H groups in total. The van der Waals surface area contributed by atoms with Crippen LogP contribution in [0.2, 0.25) is 0 Å². The van der Waals surface area contributed by atoms with E-state index in [4.69, 9.17) is 9.26 Å². The molecule has 2 aromatic carbocycles. The molecule has 4 aromatic rings. The van der Waals surface area contributed by atoms with E-state index in [0.717, 1.165) is 27.7 Å². The van der Waals surface area contributed by atoms with Crippen LogP contribution >= 0.6 is 15.9 Å². The molecule has 1 amide bonds. The zero-order valence-corrected chi connectivity index (χ0v) is 19.3. The summed E-state index contributed by atoms with van der Waals surface area (Å²) in [5.74, 6) is 1.89. The number of carbonyl (C=O) groups excluding carboxylic acids is 1. The van der Waals surface area contributed by atoms with E-state index in [1.807, 2.05) is 48.2 Å². The molecule has 0 aliphatic carbocycles. The molecular weight excluding hydrogens is 472 g/mol. The Balaban J connectivity index is 1.22. The number of halogens is 1. The Labute approximate surface area is 193 Å². The maximum Gasteiger partial charge on any atom is 0.227 e. The van der Waals surface area contributed by atoms with Crippen LogP contribution in [-0.4, -0.2) is 39.1 Å². The van der Waals surface area contributed by atoms with Crippen LogP contribution in [0.3, 0.4) is 0 Å². The predicted octanol–water partition coefficient (Wildman–Crippen LogP) is 4.90. The normalized spacial score (nSPS) is 13.4. The molecule has 1 aliphatic rings. The van der Waals surface area contributed by atoms with Gasteiger partial charge in [-0.25, -0.2) is 0 Å². The molecule has 0 fully saturated rings. The minimum absolute atomic E-state index is 0.0980. The number of rotatable bonds is 6. The van der Waals surface area contributed by atoms with E-state index in [0.29, 0.717) is 44.3 Å². The van der Waals surface area contributed by atoms with Crippen molar-refractivity contribution in [1.82, 2.24) is 20.0 Å². The van der Waals surface area contributed by atoms with Crippen molar-refractivity contribution in [2.45, 2.75) is 32.7 Å². The van der Waals surface area contributed by atoms with Crippen molar-refractivity contribution in [2.75, 3.05) is 13.2 Å². The van der Waals surface area contributed by atoms with Gasteiger partial charge in [0.2, 0.25) is 17.6 Å². The van der Waals surface area contributed by atoms with E-state index in [1.54, 1.807) is 0 Å². The fraction of sp³-hybridized carbons (Fsp3) is 0.292. The maximum atomic E-state index is 12.9. The average Bonchev–Trinajstić information content (AvgIpc) is 3.43. The Hall–Kier alpha value is -3.13. The summed E-state index contributed by atoms with van der Waals surface area (Å²) in [5.41, 5.74) is 4.37. The van der Waals surface area contributed by atoms with Crippen molar-refractivity contribution < 1.29 is 14.1 Å². The minimum Gasteiger partial charge on any atom is -0.494 e. The molecule has 32 heavy (non-hydrogen) atoms. The van der Waals surface area contributed by atoms with E-state index in [-0.39, 0.29) is 5.91 Å². The molecule has 2 aromatic heterocycles. The van der Waals surface area contributed by atoms with Crippen molar-refractivity contribution in [3.8, 4) is 17.1 Å². The molecule has 7 nitrogen and oxygen atoms in total. The number of carbonyl (C=O) groups is 1. The van der Waals surface area contributed by atoms with Gasteiger partial charge in [-0.05, 0) is 53.2 Å². The number of hydrogen-bond donors (Lipinski definition) is 1. The summed E-state index contributed by atoms with van der Waals surface area (Å²) in [6, 6.07) is 13.7. The summed E-state index contributed by atoms with van der Waals surface area (Å²) in [7, 11) is 0. The van der Waals surface area contributed by atoms with Gasteiger partial charge < -0.3 is 19.1 Å². The maximum absolute atomic E-state index is 12.9. The second-order valence-corrected chi connectivity index (χ2v) is 8.63. The molecule has 0 spiro atoms. The highest BCUT2D eigenvalue weighted by Gasteiger charge is 2.24. The number of amides is 1. The van der Waals surface area contributed by atoms with Crippen LogP contribution in [0.15, 0.2) is 51.5 Å². The molecule has 0 saturated heterocycles. The van der Waals surface area contributed by atoms with E-state index in [2.05, 4.69) is 37.1 Å². The molecule has 8 heteroatoms. The highest BCUT2D eigenvalue weighted by atomic mass is 79.9. The Kier molecular flexibility index (Phi) is 5.70. The largest absolute Gasteiger partial charge is 0.494 e. The zero-order chi connectivity index (χ0) is 22.1. The van der Waals surface area contributed by atoms with Gasteiger partial charge in [0.05, 0.1) is 12.1 Å². The summed E-state index contributed by atoms with van der Waals surface area (Å²) in [5, 5.41) is 5.23. The molecule has 0 bridgehead atoms. The highest BCUT2D eigenvalue weighted by molar-refractivity contribution is 9.10. The van der Waals surface area contributed by atoms with Crippen molar-refractivity contribution in [2.24, 2.45) is 0 Å². The van der Waals surface area contributed by atoms with Gasteiger partial charge in [-0.2, -0.15) is 4.98 Å². The van der Waals surface area contributed by atoms with Gasteiger partial charge in [-0.1, -0.05) is 17.3 Å². The third kappa shape index (κ3) is 4.02. The van der Waals surface area contributed by atoms with Crippen LogP contribution in [-0.2, 0) is 24.2 Å². The first-order valence-corrected chi connectivity index (χ1v) is 11.5. The summed E-state index contributed by atoms with van der Waals surface area (Å²) in [6.45, 7) is 3.89. The molecule has 0 saturated carbocycles. The summed E-state index contributed by atoms with van der Waals surface area (Å²) in [4.78, 5) is 22.8. The SMILES string of the molecule is CCOc1ccc(-c2noc(CCC(=O)N3CCc4[nH]c5c(Br)cccc5c4C3)n2)cc1. The van der Waals surface area contributed by atoms with Gasteiger partial charge in [-0.3, -0.25) is 4.79 Å². The number of nitrogens with one attached hydrogen (secondary N) is 1. The lowest BCUT2D eigenvalue weighted by molar-refractivity contribution is -0.132. The Morgan fingerprint density at radius 2 is 2.09 bits per heavy atom. The highest BCUT2D eigenvalue weighted by Crippen LogP contribution is 2.32. The number of para-hydroxylation sites is 1. The van der Waals surface area contributed by atoms with Gasteiger partial charge in [-0.15, -0.1) is 0 Å². The number of benzene rings is 2.